The minimum Gasteiger partial charge on any atom is -0.452 e. The van der Waals surface area contributed by atoms with E-state index in [0.717, 1.165) is 22.3 Å². The first kappa shape index (κ1) is 22.6. The SMILES string of the molecule is Cc1ccc(NC(=O)[C@H](C)OC(=O)CNS(=O)(=O)c2ccc(C)c(C)c2)c(C)c1. The minimum absolute atomic E-state index is 0.0639. The number of rotatable bonds is 7. The number of anilines is 1. The van der Waals surface area contributed by atoms with Gasteiger partial charge in [-0.15, -0.1) is 0 Å². The van der Waals surface area contributed by atoms with Crippen LogP contribution in [0.5, 0.6) is 0 Å². The van der Waals surface area contributed by atoms with E-state index in [4.69, 9.17) is 4.74 Å². The number of benzene rings is 2. The van der Waals surface area contributed by atoms with Crippen molar-refractivity contribution < 1.29 is 22.7 Å². The third-order valence-electron chi connectivity index (χ3n) is 4.51. The van der Waals surface area contributed by atoms with Gasteiger partial charge in [-0.25, -0.2) is 8.42 Å². The summed E-state index contributed by atoms with van der Waals surface area (Å²) in [4.78, 5) is 24.3. The van der Waals surface area contributed by atoms with Gasteiger partial charge in [0.1, 0.15) is 6.54 Å². The fourth-order valence-corrected chi connectivity index (χ4v) is 3.65. The van der Waals surface area contributed by atoms with Gasteiger partial charge >= 0.3 is 5.97 Å². The predicted octanol–water partition coefficient (Wildman–Crippen LogP) is 2.77. The summed E-state index contributed by atoms with van der Waals surface area (Å²) in [6.07, 6.45) is -1.07. The highest BCUT2D eigenvalue weighted by atomic mass is 32.2. The van der Waals surface area contributed by atoms with Gasteiger partial charge in [0, 0.05) is 5.69 Å². The van der Waals surface area contributed by atoms with Gasteiger partial charge in [-0.2, -0.15) is 4.72 Å². The number of hydrogen-bond acceptors (Lipinski definition) is 5. The molecule has 0 aromatic heterocycles. The third-order valence-corrected chi connectivity index (χ3v) is 5.91. The van der Waals surface area contributed by atoms with Crippen LogP contribution in [0.3, 0.4) is 0 Å². The second kappa shape index (κ2) is 9.19. The third kappa shape index (κ3) is 6.13. The average Bonchev–Trinajstić information content (AvgIpc) is 2.64. The van der Waals surface area contributed by atoms with E-state index in [1.807, 2.05) is 32.9 Å². The summed E-state index contributed by atoms with van der Waals surface area (Å²) in [7, 11) is -3.86. The van der Waals surface area contributed by atoms with Crippen molar-refractivity contribution in [3.05, 3.63) is 58.7 Å². The number of hydrogen-bond donors (Lipinski definition) is 2. The molecular formula is C21H26N2O5S. The molecule has 2 rings (SSSR count). The van der Waals surface area contributed by atoms with Crippen molar-refractivity contribution in [1.29, 1.82) is 0 Å². The molecule has 8 heteroatoms. The maximum atomic E-state index is 12.3. The van der Waals surface area contributed by atoms with Gasteiger partial charge in [-0.1, -0.05) is 23.8 Å². The lowest BCUT2D eigenvalue weighted by molar-refractivity contribution is -0.151. The molecule has 0 saturated heterocycles. The smallest absolute Gasteiger partial charge is 0.321 e. The number of esters is 1. The molecule has 2 aromatic rings. The Hall–Kier alpha value is -2.71. The molecule has 0 aliphatic carbocycles. The normalized spacial score (nSPS) is 12.3. The molecule has 1 amide bonds. The quantitative estimate of drug-likeness (QED) is 0.673. The van der Waals surface area contributed by atoms with Crippen molar-refractivity contribution in [2.24, 2.45) is 0 Å². The van der Waals surface area contributed by atoms with Crippen molar-refractivity contribution >= 4 is 27.6 Å². The molecule has 0 aliphatic rings. The summed E-state index contributed by atoms with van der Waals surface area (Å²) in [6.45, 7) is 8.34. The number of sulfonamides is 1. The Bertz CT molecular complexity index is 1030. The van der Waals surface area contributed by atoms with Gasteiger partial charge < -0.3 is 10.1 Å². The van der Waals surface area contributed by atoms with Crippen LogP contribution < -0.4 is 10.0 Å². The number of nitrogens with one attached hydrogen (secondary N) is 2. The molecule has 0 radical (unpaired) electrons. The largest absolute Gasteiger partial charge is 0.452 e. The Kier molecular flexibility index (Phi) is 7.16. The van der Waals surface area contributed by atoms with Gasteiger partial charge in [0.15, 0.2) is 6.10 Å². The summed E-state index contributed by atoms with van der Waals surface area (Å²) < 4.78 is 31.9. The second-order valence-corrected chi connectivity index (χ2v) is 8.78. The molecule has 0 bridgehead atoms. The summed E-state index contributed by atoms with van der Waals surface area (Å²) >= 11 is 0. The minimum atomic E-state index is -3.86. The van der Waals surface area contributed by atoms with Crippen molar-refractivity contribution in [1.82, 2.24) is 4.72 Å². The van der Waals surface area contributed by atoms with Crippen LogP contribution in [0.1, 0.15) is 29.2 Å². The van der Waals surface area contributed by atoms with Crippen molar-refractivity contribution in [3.63, 3.8) is 0 Å². The van der Waals surface area contributed by atoms with Crippen LogP contribution in [0.25, 0.3) is 0 Å². The fraction of sp³-hybridized carbons (Fsp3) is 0.333. The molecular weight excluding hydrogens is 392 g/mol. The van der Waals surface area contributed by atoms with E-state index in [1.165, 1.54) is 19.1 Å². The molecule has 156 valence electrons. The molecule has 0 spiro atoms. The number of carbonyl (C=O) groups is 2. The number of amides is 1. The maximum absolute atomic E-state index is 12.3. The van der Waals surface area contributed by atoms with Gasteiger partial charge in [-0.05, 0) is 69.5 Å². The van der Waals surface area contributed by atoms with Crippen LogP contribution in [-0.4, -0.2) is 32.9 Å². The van der Waals surface area contributed by atoms with Crippen LogP contribution in [0.15, 0.2) is 41.3 Å². The van der Waals surface area contributed by atoms with Crippen molar-refractivity contribution in [2.75, 3.05) is 11.9 Å². The van der Waals surface area contributed by atoms with E-state index in [9.17, 15) is 18.0 Å². The molecule has 29 heavy (non-hydrogen) atoms. The van der Waals surface area contributed by atoms with E-state index in [0.29, 0.717) is 5.69 Å². The van der Waals surface area contributed by atoms with Gasteiger partial charge in [-0.3, -0.25) is 9.59 Å². The Labute approximate surface area is 171 Å². The highest BCUT2D eigenvalue weighted by Crippen LogP contribution is 2.17. The van der Waals surface area contributed by atoms with Crippen LogP contribution in [0, 0.1) is 27.7 Å². The zero-order chi connectivity index (χ0) is 21.8. The summed E-state index contributed by atoms with van der Waals surface area (Å²) in [5.74, 6) is -1.34. The average molecular weight is 419 g/mol. The van der Waals surface area contributed by atoms with Gasteiger partial charge in [0.05, 0.1) is 4.90 Å². The first-order valence-corrected chi connectivity index (χ1v) is 10.6. The Morgan fingerprint density at radius 1 is 0.966 bits per heavy atom. The molecule has 2 aromatic carbocycles. The summed E-state index contributed by atoms with van der Waals surface area (Å²) in [6, 6.07) is 10.3. The second-order valence-electron chi connectivity index (χ2n) is 7.01. The highest BCUT2D eigenvalue weighted by Gasteiger charge is 2.21. The highest BCUT2D eigenvalue weighted by molar-refractivity contribution is 7.89. The fourth-order valence-electron chi connectivity index (χ4n) is 2.60. The number of ether oxygens (including phenoxy) is 1. The van der Waals surface area contributed by atoms with E-state index < -0.39 is 34.5 Å². The summed E-state index contributed by atoms with van der Waals surface area (Å²) in [5.41, 5.74) is 4.37. The molecule has 0 heterocycles. The van der Waals surface area contributed by atoms with Crippen LogP contribution in [0.4, 0.5) is 5.69 Å². The van der Waals surface area contributed by atoms with Gasteiger partial charge in [0.2, 0.25) is 10.0 Å². The Morgan fingerprint density at radius 3 is 2.28 bits per heavy atom. The standard InChI is InChI=1S/C21H26N2O5S/c1-13-6-9-19(16(4)10-13)23-21(25)17(5)28-20(24)12-22-29(26,27)18-8-7-14(2)15(3)11-18/h6-11,17,22H,12H2,1-5H3,(H,23,25)/t17-/m0/s1. The van der Waals surface area contributed by atoms with Crippen LogP contribution in [-0.2, 0) is 24.3 Å². The molecule has 2 N–H and O–H groups in total. The monoisotopic (exact) mass is 418 g/mol. The lowest BCUT2D eigenvalue weighted by atomic mass is 10.1. The van der Waals surface area contributed by atoms with Crippen molar-refractivity contribution in [3.8, 4) is 0 Å². The van der Waals surface area contributed by atoms with E-state index >= 15 is 0 Å². The molecule has 0 aliphatic heterocycles. The number of aryl methyl sites for hydroxylation is 4. The van der Waals surface area contributed by atoms with Crippen molar-refractivity contribution in [2.45, 2.75) is 45.6 Å². The van der Waals surface area contributed by atoms with E-state index in [-0.39, 0.29) is 4.90 Å². The Morgan fingerprint density at radius 2 is 1.66 bits per heavy atom. The maximum Gasteiger partial charge on any atom is 0.321 e. The lowest BCUT2D eigenvalue weighted by Crippen LogP contribution is -2.36. The first-order valence-electron chi connectivity index (χ1n) is 9.14. The lowest BCUT2D eigenvalue weighted by Gasteiger charge is -2.15. The van der Waals surface area contributed by atoms with Gasteiger partial charge in [0.25, 0.3) is 5.91 Å². The molecule has 0 unspecified atom stereocenters. The predicted molar refractivity (Wildman–Crippen MR) is 111 cm³/mol. The zero-order valence-electron chi connectivity index (χ0n) is 17.2. The van der Waals surface area contributed by atoms with E-state index in [2.05, 4.69) is 10.0 Å². The molecule has 0 saturated carbocycles. The molecule has 7 nitrogen and oxygen atoms in total. The Balaban J connectivity index is 1.92. The number of carbonyl (C=O) groups excluding carboxylic acids is 2. The summed E-state index contributed by atoms with van der Waals surface area (Å²) in [5, 5.41) is 2.70. The molecule has 1 atom stereocenters. The van der Waals surface area contributed by atoms with Crippen LogP contribution >= 0.6 is 0 Å². The first-order chi connectivity index (χ1) is 13.5. The zero-order valence-corrected chi connectivity index (χ0v) is 18.0. The van der Waals surface area contributed by atoms with Crippen LogP contribution in [0.2, 0.25) is 0 Å². The van der Waals surface area contributed by atoms with E-state index in [1.54, 1.807) is 19.1 Å². The molecule has 0 fully saturated rings. The topological polar surface area (TPSA) is 102 Å².